The van der Waals surface area contributed by atoms with E-state index in [1.807, 2.05) is 17.5 Å². The molecule has 0 spiro atoms. The standard InChI is InChI=1S/C14H18N2S2/c1-10(14-15-6-8-18-14)9-16-12-3-2-4-13-11(12)5-7-17-13/h5-8,10,12,16H,2-4,9H2,1H3. The fraction of sp³-hybridized carbons (Fsp3) is 0.500. The van der Waals surface area contributed by atoms with E-state index in [0.29, 0.717) is 12.0 Å². The van der Waals surface area contributed by atoms with E-state index in [1.165, 1.54) is 29.8 Å². The van der Waals surface area contributed by atoms with Crippen LogP contribution in [0.15, 0.2) is 23.0 Å². The number of nitrogens with one attached hydrogen (secondary N) is 1. The number of hydrogen-bond donors (Lipinski definition) is 1. The Morgan fingerprint density at radius 2 is 2.39 bits per heavy atom. The van der Waals surface area contributed by atoms with Gasteiger partial charge in [0.2, 0.25) is 0 Å². The van der Waals surface area contributed by atoms with Gasteiger partial charge in [-0.25, -0.2) is 4.98 Å². The zero-order valence-corrected chi connectivity index (χ0v) is 12.2. The molecule has 96 valence electrons. The van der Waals surface area contributed by atoms with Crippen molar-refractivity contribution in [1.29, 1.82) is 0 Å². The molecule has 0 aliphatic heterocycles. The van der Waals surface area contributed by atoms with Gasteiger partial charge < -0.3 is 5.32 Å². The van der Waals surface area contributed by atoms with E-state index in [0.717, 1.165) is 6.54 Å². The molecule has 2 nitrogen and oxygen atoms in total. The second-order valence-corrected chi connectivity index (χ2v) is 6.85. The first-order valence-corrected chi connectivity index (χ1v) is 8.29. The summed E-state index contributed by atoms with van der Waals surface area (Å²) < 4.78 is 0. The Hall–Kier alpha value is -0.710. The van der Waals surface area contributed by atoms with Crippen molar-refractivity contribution in [1.82, 2.24) is 10.3 Å². The number of nitrogens with zero attached hydrogens (tertiary/aromatic N) is 1. The van der Waals surface area contributed by atoms with E-state index in [4.69, 9.17) is 0 Å². The zero-order chi connectivity index (χ0) is 12.4. The Kier molecular flexibility index (Phi) is 3.77. The molecule has 0 fully saturated rings. The summed E-state index contributed by atoms with van der Waals surface area (Å²) in [6, 6.07) is 2.85. The smallest absolute Gasteiger partial charge is 0.0965 e. The molecule has 0 radical (unpaired) electrons. The summed E-state index contributed by atoms with van der Waals surface area (Å²) in [7, 11) is 0. The molecule has 1 aliphatic rings. The molecule has 2 aromatic heterocycles. The minimum atomic E-state index is 0.508. The predicted octanol–water partition coefficient (Wildman–Crippen LogP) is 3.98. The summed E-state index contributed by atoms with van der Waals surface area (Å²) >= 11 is 3.67. The van der Waals surface area contributed by atoms with E-state index in [-0.39, 0.29) is 0 Å². The molecule has 18 heavy (non-hydrogen) atoms. The molecule has 2 atom stereocenters. The molecule has 0 amide bonds. The molecule has 2 aromatic rings. The molecule has 4 heteroatoms. The van der Waals surface area contributed by atoms with Crippen molar-refractivity contribution >= 4 is 22.7 Å². The molecule has 0 saturated carbocycles. The van der Waals surface area contributed by atoms with Gasteiger partial charge in [0.05, 0.1) is 5.01 Å². The van der Waals surface area contributed by atoms with Crippen LogP contribution in [0.3, 0.4) is 0 Å². The lowest BCUT2D eigenvalue weighted by atomic mass is 9.93. The second-order valence-electron chi connectivity index (χ2n) is 4.92. The number of aryl methyl sites for hydroxylation is 1. The number of thiazole rings is 1. The molecule has 3 rings (SSSR count). The van der Waals surface area contributed by atoms with Crippen molar-refractivity contribution in [2.45, 2.75) is 38.1 Å². The number of hydrogen-bond acceptors (Lipinski definition) is 4. The number of aromatic nitrogens is 1. The van der Waals surface area contributed by atoms with Crippen molar-refractivity contribution < 1.29 is 0 Å². The largest absolute Gasteiger partial charge is 0.309 e. The Morgan fingerprint density at radius 1 is 1.44 bits per heavy atom. The van der Waals surface area contributed by atoms with Crippen LogP contribution in [0.2, 0.25) is 0 Å². The molecule has 0 saturated heterocycles. The third kappa shape index (κ3) is 2.51. The van der Waals surface area contributed by atoms with Crippen molar-refractivity contribution in [2.75, 3.05) is 6.54 Å². The minimum absolute atomic E-state index is 0.508. The summed E-state index contributed by atoms with van der Waals surface area (Å²) in [5.41, 5.74) is 1.54. The van der Waals surface area contributed by atoms with Crippen LogP contribution in [0.25, 0.3) is 0 Å². The summed E-state index contributed by atoms with van der Waals surface area (Å²) in [5.74, 6) is 0.508. The Balaban J connectivity index is 1.62. The topological polar surface area (TPSA) is 24.9 Å². The summed E-state index contributed by atoms with van der Waals surface area (Å²) in [6.45, 7) is 3.27. The molecular formula is C14H18N2S2. The Morgan fingerprint density at radius 3 is 3.22 bits per heavy atom. The van der Waals surface area contributed by atoms with Gasteiger partial charge in [-0.2, -0.15) is 0 Å². The van der Waals surface area contributed by atoms with Gasteiger partial charge in [-0.3, -0.25) is 0 Å². The van der Waals surface area contributed by atoms with Crippen molar-refractivity contribution in [3.63, 3.8) is 0 Å². The fourth-order valence-corrected chi connectivity index (χ4v) is 4.27. The van der Waals surface area contributed by atoms with Crippen LogP contribution < -0.4 is 5.32 Å². The van der Waals surface area contributed by atoms with Gasteiger partial charge in [-0.1, -0.05) is 6.92 Å². The third-order valence-corrected chi connectivity index (χ3v) is 5.60. The normalized spacial score (nSPS) is 20.6. The lowest BCUT2D eigenvalue weighted by molar-refractivity contribution is 0.449. The van der Waals surface area contributed by atoms with E-state index in [1.54, 1.807) is 16.2 Å². The highest BCUT2D eigenvalue weighted by Crippen LogP contribution is 2.33. The van der Waals surface area contributed by atoms with Gasteiger partial charge >= 0.3 is 0 Å². The SMILES string of the molecule is CC(CNC1CCCc2sccc21)c1nccs1. The van der Waals surface area contributed by atoms with E-state index in [2.05, 4.69) is 34.1 Å². The maximum atomic E-state index is 4.39. The molecule has 1 N–H and O–H groups in total. The van der Waals surface area contributed by atoms with E-state index in [9.17, 15) is 0 Å². The van der Waals surface area contributed by atoms with Crippen LogP contribution >= 0.6 is 22.7 Å². The highest BCUT2D eigenvalue weighted by Gasteiger charge is 2.21. The molecule has 1 aliphatic carbocycles. The van der Waals surface area contributed by atoms with Gasteiger partial charge in [0, 0.05) is 35.0 Å². The maximum Gasteiger partial charge on any atom is 0.0965 e. The predicted molar refractivity (Wildman–Crippen MR) is 78.5 cm³/mol. The van der Waals surface area contributed by atoms with Crippen molar-refractivity contribution in [3.8, 4) is 0 Å². The van der Waals surface area contributed by atoms with Gasteiger partial charge in [-0.15, -0.1) is 22.7 Å². The quantitative estimate of drug-likeness (QED) is 0.915. The van der Waals surface area contributed by atoms with Crippen LogP contribution in [0, 0.1) is 0 Å². The lowest BCUT2D eigenvalue weighted by Gasteiger charge is -2.25. The Labute approximate surface area is 116 Å². The summed E-state index contributed by atoms with van der Waals surface area (Å²) in [4.78, 5) is 5.98. The van der Waals surface area contributed by atoms with Crippen molar-refractivity contribution in [2.24, 2.45) is 0 Å². The maximum absolute atomic E-state index is 4.39. The molecule has 2 heterocycles. The van der Waals surface area contributed by atoms with Crippen LogP contribution in [0.1, 0.15) is 47.2 Å². The first-order chi connectivity index (χ1) is 8.84. The minimum Gasteiger partial charge on any atom is -0.309 e. The van der Waals surface area contributed by atoms with Gasteiger partial charge in [0.1, 0.15) is 0 Å². The number of rotatable bonds is 4. The van der Waals surface area contributed by atoms with E-state index < -0.39 is 0 Å². The van der Waals surface area contributed by atoms with Crippen LogP contribution in [-0.4, -0.2) is 11.5 Å². The highest BCUT2D eigenvalue weighted by atomic mass is 32.1. The van der Waals surface area contributed by atoms with Crippen LogP contribution in [0.5, 0.6) is 0 Å². The monoisotopic (exact) mass is 278 g/mol. The van der Waals surface area contributed by atoms with Gasteiger partial charge in [0.15, 0.2) is 0 Å². The highest BCUT2D eigenvalue weighted by molar-refractivity contribution is 7.10. The number of fused-ring (bicyclic) bond motifs is 1. The molecule has 0 aromatic carbocycles. The van der Waals surface area contributed by atoms with Crippen LogP contribution in [0.4, 0.5) is 0 Å². The first kappa shape index (κ1) is 12.3. The third-order valence-electron chi connectivity index (χ3n) is 3.60. The van der Waals surface area contributed by atoms with Gasteiger partial charge in [0.25, 0.3) is 0 Å². The summed E-state index contributed by atoms with van der Waals surface area (Å²) in [6.07, 6.45) is 5.76. The van der Waals surface area contributed by atoms with Crippen LogP contribution in [-0.2, 0) is 6.42 Å². The number of thiophene rings is 1. The van der Waals surface area contributed by atoms with Gasteiger partial charge in [-0.05, 0) is 36.3 Å². The molecule has 2 unspecified atom stereocenters. The fourth-order valence-electron chi connectivity index (χ4n) is 2.58. The Bertz CT molecular complexity index is 490. The summed E-state index contributed by atoms with van der Waals surface area (Å²) in [5, 5.41) is 9.25. The van der Waals surface area contributed by atoms with E-state index >= 15 is 0 Å². The zero-order valence-electron chi connectivity index (χ0n) is 10.6. The molecule has 0 bridgehead atoms. The average molecular weight is 278 g/mol. The lowest BCUT2D eigenvalue weighted by Crippen LogP contribution is -2.27. The first-order valence-electron chi connectivity index (χ1n) is 6.53. The van der Waals surface area contributed by atoms with Crippen molar-refractivity contribution in [3.05, 3.63) is 38.5 Å². The second kappa shape index (κ2) is 5.51. The molecular weight excluding hydrogens is 260 g/mol. The average Bonchev–Trinajstić information content (AvgIpc) is 3.05.